The van der Waals surface area contributed by atoms with Crippen LogP contribution < -0.4 is 5.32 Å². The third kappa shape index (κ3) is 2.17. The van der Waals surface area contributed by atoms with Gasteiger partial charge >= 0.3 is 0 Å². The summed E-state index contributed by atoms with van der Waals surface area (Å²) in [6, 6.07) is 1.65. The van der Waals surface area contributed by atoms with Crippen LogP contribution in [-0.2, 0) is 4.79 Å². The van der Waals surface area contributed by atoms with Crippen molar-refractivity contribution in [2.24, 2.45) is 0 Å². The first-order valence-corrected chi connectivity index (χ1v) is 3.92. The number of halogens is 2. The highest BCUT2D eigenvalue weighted by Crippen LogP contribution is 2.22. The maximum absolute atomic E-state index is 10.0. The van der Waals surface area contributed by atoms with E-state index in [2.05, 4.69) is 26.2 Å². The van der Waals surface area contributed by atoms with E-state index in [1.165, 1.54) is 6.20 Å². The number of anilines is 1. The van der Waals surface area contributed by atoms with Crippen LogP contribution in [0.5, 0.6) is 0 Å². The molecule has 1 N–H and O–H groups in total. The monoisotopic (exact) mass is 234 g/mol. The van der Waals surface area contributed by atoms with Crippen molar-refractivity contribution >= 4 is 39.8 Å². The van der Waals surface area contributed by atoms with E-state index >= 15 is 0 Å². The average molecular weight is 235 g/mol. The number of hydrogen-bond acceptors (Lipinski definition) is 2. The Kier molecular flexibility index (Phi) is 2.84. The molecular weight excluding hydrogens is 231 g/mol. The summed E-state index contributed by atoms with van der Waals surface area (Å²) in [5.74, 6) is 0.462. The number of aromatic nitrogens is 1. The van der Waals surface area contributed by atoms with Gasteiger partial charge in [0.1, 0.15) is 5.82 Å². The van der Waals surface area contributed by atoms with Crippen LogP contribution >= 0.6 is 27.5 Å². The van der Waals surface area contributed by atoms with Gasteiger partial charge in [0.05, 0.1) is 9.50 Å². The second-order valence-electron chi connectivity index (χ2n) is 1.75. The van der Waals surface area contributed by atoms with Crippen LogP contribution in [-0.4, -0.2) is 11.4 Å². The fraction of sp³-hybridized carbons (Fsp3) is 0. The number of hydrogen-bond donors (Lipinski definition) is 1. The third-order valence-corrected chi connectivity index (χ3v) is 1.81. The molecule has 0 aliphatic carbocycles. The van der Waals surface area contributed by atoms with Crippen molar-refractivity contribution in [2.75, 3.05) is 5.32 Å². The quantitative estimate of drug-likeness (QED) is 0.797. The summed E-state index contributed by atoms with van der Waals surface area (Å²) in [4.78, 5) is 13.9. The molecule has 0 atom stereocenters. The minimum atomic E-state index is 0.462. The summed E-state index contributed by atoms with van der Waals surface area (Å²) < 4.78 is 0.664. The van der Waals surface area contributed by atoms with Crippen molar-refractivity contribution in [3.8, 4) is 0 Å². The molecule has 0 bridgehead atoms. The number of amides is 1. The van der Waals surface area contributed by atoms with Gasteiger partial charge in [-0.2, -0.15) is 0 Å². The predicted octanol–water partition coefficient (Wildman–Crippen LogP) is 2.07. The maximum atomic E-state index is 10.0. The number of carbonyl (C=O) groups is 1. The van der Waals surface area contributed by atoms with Gasteiger partial charge in [-0.15, -0.1) is 0 Å². The van der Waals surface area contributed by atoms with Crippen LogP contribution in [0.2, 0.25) is 5.02 Å². The summed E-state index contributed by atoms with van der Waals surface area (Å²) >= 11 is 8.79. The Balaban J connectivity index is 2.98. The van der Waals surface area contributed by atoms with Crippen molar-refractivity contribution in [3.63, 3.8) is 0 Å². The molecule has 0 aromatic carbocycles. The molecular formula is C6H4BrClN2O. The van der Waals surface area contributed by atoms with Crippen molar-refractivity contribution in [1.29, 1.82) is 0 Å². The SMILES string of the molecule is O=CNc1ncc(Cl)cc1Br. The van der Waals surface area contributed by atoms with E-state index in [0.717, 1.165) is 0 Å². The van der Waals surface area contributed by atoms with E-state index in [1.54, 1.807) is 6.07 Å². The maximum Gasteiger partial charge on any atom is 0.212 e. The topological polar surface area (TPSA) is 42.0 Å². The van der Waals surface area contributed by atoms with Crippen LogP contribution in [0.15, 0.2) is 16.7 Å². The zero-order chi connectivity index (χ0) is 8.27. The standard InChI is InChI=1S/C6H4BrClN2O/c7-5-1-4(8)2-9-6(5)10-3-11/h1-3H,(H,9,10,11). The number of nitrogens with one attached hydrogen (secondary N) is 1. The summed E-state index contributed by atoms with van der Waals surface area (Å²) in [5, 5.41) is 2.93. The normalized spacial score (nSPS) is 9.27. The molecule has 5 heteroatoms. The summed E-state index contributed by atoms with van der Waals surface area (Å²) in [7, 11) is 0. The third-order valence-electron chi connectivity index (χ3n) is 1.00. The fourth-order valence-electron chi connectivity index (χ4n) is 0.577. The minimum absolute atomic E-state index is 0.462. The number of nitrogens with zero attached hydrogens (tertiary/aromatic N) is 1. The second-order valence-corrected chi connectivity index (χ2v) is 3.04. The molecule has 3 nitrogen and oxygen atoms in total. The Bertz CT molecular complexity index is 279. The fourth-order valence-corrected chi connectivity index (χ4v) is 1.33. The smallest absolute Gasteiger partial charge is 0.212 e. The molecule has 0 aliphatic rings. The van der Waals surface area contributed by atoms with Gasteiger partial charge in [0.25, 0.3) is 0 Å². The molecule has 1 amide bonds. The number of carbonyl (C=O) groups excluding carboxylic acids is 1. The van der Waals surface area contributed by atoms with E-state index < -0.39 is 0 Å². The van der Waals surface area contributed by atoms with Gasteiger partial charge in [0, 0.05) is 6.20 Å². The molecule has 0 radical (unpaired) electrons. The van der Waals surface area contributed by atoms with Gasteiger partial charge in [-0.25, -0.2) is 4.98 Å². The van der Waals surface area contributed by atoms with Crippen LogP contribution in [0.25, 0.3) is 0 Å². The summed E-state index contributed by atoms with van der Waals surface area (Å²) in [6.07, 6.45) is 2.01. The van der Waals surface area contributed by atoms with Gasteiger partial charge < -0.3 is 5.32 Å². The van der Waals surface area contributed by atoms with Crippen LogP contribution in [0.1, 0.15) is 0 Å². The Labute approximate surface area is 76.9 Å². The predicted molar refractivity (Wildman–Crippen MR) is 46.6 cm³/mol. The molecule has 1 heterocycles. The molecule has 1 aromatic rings. The van der Waals surface area contributed by atoms with Gasteiger partial charge in [-0.3, -0.25) is 4.79 Å². The van der Waals surface area contributed by atoms with Crippen molar-refractivity contribution in [2.45, 2.75) is 0 Å². The Hall–Kier alpha value is -0.610. The second kappa shape index (κ2) is 3.69. The molecule has 1 aromatic heterocycles. The van der Waals surface area contributed by atoms with E-state index in [-0.39, 0.29) is 0 Å². The molecule has 0 fully saturated rings. The Morgan fingerprint density at radius 2 is 2.45 bits per heavy atom. The van der Waals surface area contributed by atoms with Gasteiger partial charge in [-0.05, 0) is 22.0 Å². The van der Waals surface area contributed by atoms with Gasteiger partial charge in [0.15, 0.2) is 0 Å². The van der Waals surface area contributed by atoms with Crippen LogP contribution in [0.4, 0.5) is 5.82 Å². The van der Waals surface area contributed by atoms with Crippen LogP contribution in [0, 0.1) is 0 Å². The number of pyridine rings is 1. The van der Waals surface area contributed by atoms with E-state index in [0.29, 0.717) is 21.7 Å². The van der Waals surface area contributed by atoms with Gasteiger partial charge in [0.2, 0.25) is 6.41 Å². The van der Waals surface area contributed by atoms with Crippen molar-refractivity contribution < 1.29 is 4.79 Å². The largest absolute Gasteiger partial charge is 0.312 e. The lowest BCUT2D eigenvalue weighted by molar-refractivity contribution is -0.105. The Morgan fingerprint density at radius 3 is 3.00 bits per heavy atom. The van der Waals surface area contributed by atoms with E-state index in [9.17, 15) is 4.79 Å². The first-order chi connectivity index (χ1) is 5.24. The molecule has 0 unspecified atom stereocenters. The van der Waals surface area contributed by atoms with E-state index in [1.807, 2.05) is 0 Å². The molecule has 58 valence electrons. The Morgan fingerprint density at radius 1 is 1.73 bits per heavy atom. The molecule has 1 rings (SSSR count). The first-order valence-electron chi connectivity index (χ1n) is 2.75. The molecule has 0 saturated carbocycles. The minimum Gasteiger partial charge on any atom is -0.312 e. The first kappa shape index (κ1) is 8.49. The molecule has 11 heavy (non-hydrogen) atoms. The highest BCUT2D eigenvalue weighted by molar-refractivity contribution is 9.10. The lowest BCUT2D eigenvalue weighted by Crippen LogP contribution is -1.96. The van der Waals surface area contributed by atoms with Crippen molar-refractivity contribution in [1.82, 2.24) is 4.98 Å². The van der Waals surface area contributed by atoms with E-state index in [4.69, 9.17) is 11.6 Å². The molecule has 0 saturated heterocycles. The molecule has 0 spiro atoms. The highest BCUT2D eigenvalue weighted by atomic mass is 79.9. The average Bonchev–Trinajstić information content (AvgIpc) is 1.95. The number of rotatable bonds is 2. The van der Waals surface area contributed by atoms with Crippen LogP contribution in [0.3, 0.4) is 0 Å². The summed E-state index contributed by atoms with van der Waals surface area (Å²) in [5.41, 5.74) is 0. The lowest BCUT2D eigenvalue weighted by Gasteiger charge is -1.99. The van der Waals surface area contributed by atoms with Crippen molar-refractivity contribution in [3.05, 3.63) is 21.8 Å². The lowest BCUT2D eigenvalue weighted by atomic mass is 10.5. The zero-order valence-electron chi connectivity index (χ0n) is 5.34. The zero-order valence-corrected chi connectivity index (χ0v) is 7.69. The molecule has 0 aliphatic heterocycles. The highest BCUT2D eigenvalue weighted by Gasteiger charge is 1.99. The van der Waals surface area contributed by atoms with Gasteiger partial charge in [-0.1, -0.05) is 11.6 Å². The summed E-state index contributed by atoms with van der Waals surface area (Å²) in [6.45, 7) is 0.